The maximum Gasteiger partial charge on any atom is 0.221 e. The number of amides is 1. The highest BCUT2D eigenvalue weighted by molar-refractivity contribution is 6.30. The van der Waals surface area contributed by atoms with Crippen LogP contribution in [0, 0.1) is 11.3 Å². The summed E-state index contributed by atoms with van der Waals surface area (Å²) >= 11 is 5.81. The summed E-state index contributed by atoms with van der Waals surface area (Å²) in [6.07, 6.45) is 1.28. The van der Waals surface area contributed by atoms with Gasteiger partial charge in [-0.05, 0) is 31.5 Å². The molecule has 0 saturated carbocycles. The van der Waals surface area contributed by atoms with Crippen LogP contribution in [0.15, 0.2) is 18.2 Å². The molecule has 0 heterocycles. The van der Waals surface area contributed by atoms with Gasteiger partial charge < -0.3 is 10.6 Å². The molecule has 1 amide bonds. The van der Waals surface area contributed by atoms with Crippen molar-refractivity contribution in [3.63, 3.8) is 0 Å². The first-order valence-corrected chi connectivity index (χ1v) is 6.67. The van der Waals surface area contributed by atoms with E-state index in [1.165, 1.54) is 0 Å². The number of hydrogen-bond donors (Lipinski definition) is 2. The number of nitrogens with zero attached hydrogens (tertiary/aromatic N) is 1. The van der Waals surface area contributed by atoms with E-state index in [1.807, 2.05) is 13.8 Å². The SMILES string of the molecule is CCC(C)NC(=O)CCNc1ccc(Cl)cc1C#N. The van der Waals surface area contributed by atoms with E-state index in [4.69, 9.17) is 16.9 Å². The minimum atomic E-state index is 0.00863. The van der Waals surface area contributed by atoms with Crippen LogP contribution in [0.25, 0.3) is 0 Å². The molecule has 1 unspecified atom stereocenters. The van der Waals surface area contributed by atoms with Gasteiger partial charge in [-0.15, -0.1) is 0 Å². The Bertz CT molecular complexity index is 482. The number of carbonyl (C=O) groups is 1. The van der Waals surface area contributed by atoms with Gasteiger partial charge >= 0.3 is 0 Å². The van der Waals surface area contributed by atoms with Gasteiger partial charge in [0.25, 0.3) is 0 Å². The van der Waals surface area contributed by atoms with E-state index in [2.05, 4.69) is 16.7 Å². The third-order valence-corrected chi connectivity index (χ3v) is 3.02. The van der Waals surface area contributed by atoms with E-state index in [1.54, 1.807) is 18.2 Å². The molecule has 0 aromatic heterocycles. The maximum absolute atomic E-state index is 11.6. The maximum atomic E-state index is 11.6. The molecule has 0 spiro atoms. The first kappa shape index (κ1) is 15.3. The normalized spacial score (nSPS) is 11.5. The third-order valence-electron chi connectivity index (χ3n) is 2.79. The first-order chi connectivity index (χ1) is 9.06. The van der Waals surface area contributed by atoms with Crippen LogP contribution in [0.5, 0.6) is 0 Å². The van der Waals surface area contributed by atoms with Crippen LogP contribution in [0.1, 0.15) is 32.3 Å². The fourth-order valence-electron chi connectivity index (χ4n) is 1.52. The minimum absolute atomic E-state index is 0.00863. The summed E-state index contributed by atoms with van der Waals surface area (Å²) in [7, 11) is 0. The number of benzene rings is 1. The molecule has 2 N–H and O–H groups in total. The summed E-state index contributed by atoms with van der Waals surface area (Å²) in [5.41, 5.74) is 1.18. The largest absolute Gasteiger partial charge is 0.383 e. The molecule has 1 aromatic rings. The summed E-state index contributed by atoms with van der Waals surface area (Å²) in [4.78, 5) is 11.6. The molecule has 1 aromatic carbocycles. The van der Waals surface area contributed by atoms with Crippen molar-refractivity contribution in [3.8, 4) is 6.07 Å². The summed E-state index contributed by atoms with van der Waals surface area (Å²) in [6.45, 7) is 4.48. The number of rotatable bonds is 6. The zero-order chi connectivity index (χ0) is 14.3. The van der Waals surface area contributed by atoms with Crippen molar-refractivity contribution in [2.75, 3.05) is 11.9 Å². The van der Waals surface area contributed by atoms with Gasteiger partial charge in [-0.1, -0.05) is 18.5 Å². The standard InChI is InChI=1S/C14H18ClN3O/c1-3-10(2)18-14(19)6-7-17-13-5-4-12(15)8-11(13)9-16/h4-5,8,10,17H,3,6-7H2,1-2H3,(H,18,19). The van der Waals surface area contributed by atoms with Gasteiger partial charge in [0.05, 0.1) is 11.3 Å². The molecule has 1 rings (SSSR count). The number of carbonyl (C=O) groups excluding carboxylic acids is 1. The molecule has 0 radical (unpaired) electrons. The monoisotopic (exact) mass is 279 g/mol. The van der Waals surface area contributed by atoms with Crippen molar-refractivity contribution in [1.29, 1.82) is 5.26 Å². The van der Waals surface area contributed by atoms with Crippen LogP contribution in [-0.4, -0.2) is 18.5 Å². The van der Waals surface area contributed by atoms with E-state index in [-0.39, 0.29) is 11.9 Å². The number of nitriles is 1. The van der Waals surface area contributed by atoms with Gasteiger partial charge in [0.1, 0.15) is 6.07 Å². The lowest BCUT2D eigenvalue weighted by Crippen LogP contribution is -2.32. The zero-order valence-corrected chi connectivity index (χ0v) is 11.9. The van der Waals surface area contributed by atoms with Crippen LogP contribution in [-0.2, 0) is 4.79 Å². The van der Waals surface area contributed by atoms with Crippen LogP contribution >= 0.6 is 11.6 Å². The van der Waals surface area contributed by atoms with Crippen LogP contribution in [0.2, 0.25) is 5.02 Å². The van der Waals surface area contributed by atoms with Crippen molar-refractivity contribution in [3.05, 3.63) is 28.8 Å². The Morgan fingerprint density at radius 1 is 1.53 bits per heavy atom. The molecule has 0 aliphatic rings. The number of halogens is 1. The Morgan fingerprint density at radius 3 is 2.89 bits per heavy atom. The highest BCUT2D eigenvalue weighted by atomic mass is 35.5. The van der Waals surface area contributed by atoms with Gasteiger partial charge in [0.15, 0.2) is 0 Å². The second-order valence-electron chi connectivity index (χ2n) is 4.36. The molecule has 0 aliphatic heterocycles. The number of hydrogen-bond acceptors (Lipinski definition) is 3. The first-order valence-electron chi connectivity index (χ1n) is 6.29. The van der Waals surface area contributed by atoms with Crippen molar-refractivity contribution >= 4 is 23.2 Å². The molecule has 4 nitrogen and oxygen atoms in total. The van der Waals surface area contributed by atoms with Crippen molar-refractivity contribution < 1.29 is 4.79 Å². The van der Waals surface area contributed by atoms with E-state index in [0.29, 0.717) is 29.2 Å². The van der Waals surface area contributed by atoms with Crippen molar-refractivity contribution in [2.24, 2.45) is 0 Å². The predicted molar refractivity (Wildman–Crippen MR) is 77.2 cm³/mol. The van der Waals surface area contributed by atoms with Gasteiger partial charge in [0.2, 0.25) is 5.91 Å². The second-order valence-corrected chi connectivity index (χ2v) is 4.79. The lowest BCUT2D eigenvalue weighted by Gasteiger charge is -2.12. The molecular formula is C14H18ClN3O. The van der Waals surface area contributed by atoms with Crippen LogP contribution < -0.4 is 10.6 Å². The highest BCUT2D eigenvalue weighted by Crippen LogP contribution is 2.19. The molecule has 0 fully saturated rings. The van der Waals surface area contributed by atoms with E-state index in [0.717, 1.165) is 6.42 Å². The average Bonchev–Trinajstić information content (AvgIpc) is 2.40. The average molecular weight is 280 g/mol. The Balaban J connectivity index is 2.46. The molecule has 19 heavy (non-hydrogen) atoms. The zero-order valence-electron chi connectivity index (χ0n) is 11.2. The number of anilines is 1. The molecular weight excluding hydrogens is 262 g/mol. The van der Waals surface area contributed by atoms with Gasteiger partial charge in [-0.2, -0.15) is 5.26 Å². The minimum Gasteiger partial charge on any atom is -0.383 e. The van der Waals surface area contributed by atoms with Crippen molar-refractivity contribution in [1.82, 2.24) is 5.32 Å². The molecule has 0 bridgehead atoms. The van der Waals surface area contributed by atoms with Crippen LogP contribution in [0.4, 0.5) is 5.69 Å². The Morgan fingerprint density at radius 2 is 2.26 bits per heavy atom. The molecule has 102 valence electrons. The van der Waals surface area contributed by atoms with E-state index < -0.39 is 0 Å². The topological polar surface area (TPSA) is 64.9 Å². The summed E-state index contributed by atoms with van der Waals surface area (Å²) in [5, 5.41) is 15.5. The Labute approximate surface area is 118 Å². The van der Waals surface area contributed by atoms with Crippen LogP contribution in [0.3, 0.4) is 0 Å². The quantitative estimate of drug-likeness (QED) is 0.841. The summed E-state index contributed by atoms with van der Waals surface area (Å²) in [5.74, 6) is 0.00863. The smallest absolute Gasteiger partial charge is 0.221 e. The summed E-state index contributed by atoms with van der Waals surface area (Å²) < 4.78 is 0. The predicted octanol–water partition coefficient (Wildman–Crippen LogP) is 2.93. The van der Waals surface area contributed by atoms with E-state index in [9.17, 15) is 4.79 Å². The third kappa shape index (κ3) is 5.19. The van der Waals surface area contributed by atoms with Gasteiger partial charge in [-0.25, -0.2) is 0 Å². The summed E-state index contributed by atoms with van der Waals surface area (Å²) in [6, 6.07) is 7.32. The number of nitrogens with one attached hydrogen (secondary N) is 2. The van der Waals surface area contributed by atoms with E-state index >= 15 is 0 Å². The fourth-order valence-corrected chi connectivity index (χ4v) is 1.69. The van der Waals surface area contributed by atoms with Gasteiger partial charge in [-0.3, -0.25) is 4.79 Å². The van der Waals surface area contributed by atoms with Crippen molar-refractivity contribution in [2.45, 2.75) is 32.7 Å². The molecule has 0 aliphatic carbocycles. The fraction of sp³-hybridized carbons (Fsp3) is 0.429. The molecule has 0 saturated heterocycles. The highest BCUT2D eigenvalue weighted by Gasteiger charge is 2.06. The molecule has 1 atom stereocenters. The van der Waals surface area contributed by atoms with Gasteiger partial charge in [0, 0.05) is 24.0 Å². The lowest BCUT2D eigenvalue weighted by molar-refractivity contribution is -0.121. The lowest BCUT2D eigenvalue weighted by atomic mass is 10.2. The molecule has 5 heteroatoms. The second kappa shape index (κ2) is 7.65. The Kier molecular flexibility index (Phi) is 6.17. The Hall–Kier alpha value is -1.73.